The van der Waals surface area contributed by atoms with E-state index in [1.54, 1.807) is 21.3 Å². The number of fused-ring (bicyclic) bond motifs is 3. The van der Waals surface area contributed by atoms with Crippen LogP contribution in [0.4, 0.5) is 0 Å². The number of benzene rings is 4. The van der Waals surface area contributed by atoms with Crippen LogP contribution in [0.5, 0.6) is 0 Å². The molecule has 0 aliphatic carbocycles. The summed E-state index contributed by atoms with van der Waals surface area (Å²) in [5.41, 5.74) is 0. The molecule has 0 radical (unpaired) electrons. The maximum Gasteiger partial charge on any atom is 0.537 e. The molecule has 0 N–H and O–H groups in total. The van der Waals surface area contributed by atoms with Crippen molar-refractivity contribution in [2.75, 3.05) is 21.3 Å². The lowest BCUT2D eigenvalue weighted by molar-refractivity contribution is 0.140. The number of hydrogen-bond donors (Lipinski definition) is 0. The molecule has 126 valence electrons. The maximum absolute atomic E-state index is 5.71. The molecule has 4 aromatic carbocycles. The summed E-state index contributed by atoms with van der Waals surface area (Å²) in [5, 5.41) is 8.17. The average Bonchev–Trinajstić information content (AvgIpc) is 2.66. The highest BCUT2D eigenvalue weighted by Crippen LogP contribution is 2.28. The van der Waals surface area contributed by atoms with Crippen molar-refractivity contribution in [3.05, 3.63) is 66.7 Å². The molecule has 0 fully saturated rings. The van der Waals surface area contributed by atoms with Gasteiger partial charge < -0.3 is 13.3 Å². The van der Waals surface area contributed by atoms with Crippen molar-refractivity contribution in [1.29, 1.82) is 0 Å². The Morgan fingerprint density at radius 2 is 1.08 bits per heavy atom. The topological polar surface area (TPSA) is 27.7 Å². The molecule has 0 atom stereocenters. The van der Waals surface area contributed by atoms with Crippen LogP contribution in [0.2, 0.25) is 0 Å². The summed E-state index contributed by atoms with van der Waals surface area (Å²) in [6.45, 7) is 0. The van der Waals surface area contributed by atoms with E-state index in [2.05, 4.69) is 54.6 Å². The first-order valence-corrected chi connectivity index (χ1v) is 9.94. The minimum Gasteiger partial charge on any atom is -0.373 e. The van der Waals surface area contributed by atoms with E-state index in [0.717, 1.165) is 16.0 Å². The van der Waals surface area contributed by atoms with E-state index in [9.17, 15) is 0 Å². The molecule has 0 aliphatic heterocycles. The Morgan fingerprint density at radius 3 is 1.68 bits per heavy atom. The standard InChI is InChI=1S/C21H20O3Si/c1-22-25(23-2,24-3)21-10-6-9-17-13-18-11-15-7-4-5-8-16(15)12-19(18)14-20(17)21/h4-14H,1-3H3. The molecule has 0 bridgehead atoms. The van der Waals surface area contributed by atoms with Gasteiger partial charge in [-0.1, -0.05) is 42.5 Å². The average molecular weight is 348 g/mol. The Bertz CT molecular complexity index is 1060. The van der Waals surface area contributed by atoms with Crippen molar-refractivity contribution in [3.63, 3.8) is 0 Å². The molecule has 0 aromatic heterocycles. The van der Waals surface area contributed by atoms with Gasteiger partial charge in [0.2, 0.25) is 0 Å². The number of rotatable bonds is 4. The zero-order valence-corrected chi connectivity index (χ0v) is 15.6. The molecule has 0 spiro atoms. The SMILES string of the molecule is CO[Si](OC)(OC)c1cccc2cc3cc4ccccc4cc3cc12. The minimum absolute atomic E-state index is 0.993. The van der Waals surface area contributed by atoms with Gasteiger partial charge in [0.05, 0.1) is 0 Å². The van der Waals surface area contributed by atoms with Gasteiger partial charge in [0, 0.05) is 26.5 Å². The molecule has 0 saturated carbocycles. The minimum atomic E-state index is -2.90. The second kappa shape index (κ2) is 6.24. The van der Waals surface area contributed by atoms with E-state index in [1.165, 1.54) is 21.5 Å². The van der Waals surface area contributed by atoms with Crippen molar-refractivity contribution in [1.82, 2.24) is 0 Å². The van der Waals surface area contributed by atoms with E-state index in [4.69, 9.17) is 13.3 Å². The highest BCUT2D eigenvalue weighted by Gasteiger charge is 2.42. The second-order valence-corrected chi connectivity index (χ2v) is 8.97. The predicted molar refractivity (Wildman–Crippen MR) is 105 cm³/mol. The van der Waals surface area contributed by atoms with Crippen LogP contribution in [0.15, 0.2) is 66.7 Å². The summed E-state index contributed by atoms with van der Waals surface area (Å²) in [6, 6.07) is 23.5. The lowest BCUT2D eigenvalue weighted by Gasteiger charge is -2.26. The lowest BCUT2D eigenvalue weighted by Crippen LogP contribution is -2.54. The van der Waals surface area contributed by atoms with E-state index in [1.807, 2.05) is 12.1 Å². The molecule has 4 heteroatoms. The Kier molecular flexibility index (Phi) is 4.05. The Morgan fingerprint density at radius 1 is 0.560 bits per heavy atom. The van der Waals surface area contributed by atoms with Crippen LogP contribution in [-0.2, 0) is 13.3 Å². The fraction of sp³-hybridized carbons (Fsp3) is 0.143. The van der Waals surface area contributed by atoms with Crippen molar-refractivity contribution >= 4 is 46.3 Å². The summed E-state index contributed by atoms with van der Waals surface area (Å²) in [7, 11) is 2.04. The number of hydrogen-bond acceptors (Lipinski definition) is 3. The molecule has 0 saturated heterocycles. The largest absolute Gasteiger partial charge is 0.537 e. The van der Waals surface area contributed by atoms with Gasteiger partial charge in [-0.2, -0.15) is 0 Å². The molecule has 4 aromatic rings. The summed E-state index contributed by atoms with van der Waals surface area (Å²) in [6.07, 6.45) is 0. The van der Waals surface area contributed by atoms with Crippen LogP contribution in [0.1, 0.15) is 0 Å². The maximum atomic E-state index is 5.71. The fourth-order valence-corrected chi connectivity index (χ4v) is 5.57. The Hall–Kier alpha value is -2.24. The Labute approximate surface area is 148 Å². The van der Waals surface area contributed by atoms with Gasteiger partial charge in [-0.25, -0.2) is 0 Å². The van der Waals surface area contributed by atoms with Gasteiger partial charge >= 0.3 is 8.80 Å². The van der Waals surface area contributed by atoms with Crippen LogP contribution in [0.3, 0.4) is 0 Å². The van der Waals surface area contributed by atoms with Crippen LogP contribution >= 0.6 is 0 Å². The van der Waals surface area contributed by atoms with Gasteiger partial charge in [-0.05, 0) is 56.6 Å². The third-order valence-corrected chi connectivity index (χ3v) is 7.55. The molecule has 0 heterocycles. The van der Waals surface area contributed by atoms with Crippen molar-refractivity contribution < 1.29 is 13.3 Å². The third kappa shape index (κ3) is 2.55. The first kappa shape index (κ1) is 16.2. The predicted octanol–water partition coefficient (Wildman–Crippen LogP) is 4.23. The third-order valence-electron chi connectivity index (χ3n) is 4.84. The van der Waals surface area contributed by atoms with Gasteiger partial charge in [-0.3, -0.25) is 0 Å². The smallest absolute Gasteiger partial charge is 0.373 e. The van der Waals surface area contributed by atoms with Gasteiger partial charge in [0.1, 0.15) is 0 Å². The van der Waals surface area contributed by atoms with E-state index >= 15 is 0 Å². The second-order valence-electron chi connectivity index (χ2n) is 6.09. The molecule has 25 heavy (non-hydrogen) atoms. The fourth-order valence-electron chi connectivity index (χ4n) is 3.57. The highest BCUT2D eigenvalue weighted by atomic mass is 28.4. The molecule has 0 unspecified atom stereocenters. The normalized spacial score (nSPS) is 12.3. The van der Waals surface area contributed by atoms with Gasteiger partial charge in [-0.15, -0.1) is 0 Å². The van der Waals surface area contributed by atoms with E-state index in [0.29, 0.717) is 0 Å². The van der Waals surface area contributed by atoms with Crippen molar-refractivity contribution in [2.24, 2.45) is 0 Å². The van der Waals surface area contributed by atoms with Crippen LogP contribution in [0.25, 0.3) is 32.3 Å². The molecule has 4 rings (SSSR count). The molecule has 0 amide bonds. The molecular weight excluding hydrogens is 328 g/mol. The first-order chi connectivity index (χ1) is 12.2. The van der Waals surface area contributed by atoms with Crippen molar-refractivity contribution in [3.8, 4) is 0 Å². The summed E-state index contributed by atoms with van der Waals surface area (Å²) < 4.78 is 17.1. The lowest BCUT2D eigenvalue weighted by atomic mass is 10.00. The van der Waals surface area contributed by atoms with Crippen molar-refractivity contribution in [2.45, 2.75) is 0 Å². The molecule has 0 aliphatic rings. The Balaban J connectivity index is 2.06. The van der Waals surface area contributed by atoms with Crippen LogP contribution in [-0.4, -0.2) is 30.1 Å². The monoisotopic (exact) mass is 348 g/mol. The zero-order valence-electron chi connectivity index (χ0n) is 14.6. The quantitative estimate of drug-likeness (QED) is 0.408. The summed E-state index contributed by atoms with van der Waals surface area (Å²) in [4.78, 5) is 0. The van der Waals surface area contributed by atoms with Gasteiger partial charge in [0.25, 0.3) is 0 Å². The van der Waals surface area contributed by atoms with E-state index in [-0.39, 0.29) is 0 Å². The zero-order chi connectivity index (χ0) is 17.4. The highest BCUT2D eigenvalue weighted by molar-refractivity contribution is 6.77. The van der Waals surface area contributed by atoms with E-state index < -0.39 is 8.80 Å². The summed E-state index contributed by atoms with van der Waals surface area (Å²) >= 11 is 0. The first-order valence-electron chi connectivity index (χ1n) is 8.22. The van der Waals surface area contributed by atoms with Gasteiger partial charge in [0.15, 0.2) is 0 Å². The molecule has 3 nitrogen and oxygen atoms in total. The van der Waals surface area contributed by atoms with Crippen LogP contribution in [0, 0.1) is 0 Å². The van der Waals surface area contributed by atoms with Crippen LogP contribution < -0.4 is 5.19 Å². The molecular formula is C21H20O3Si. The summed E-state index contributed by atoms with van der Waals surface area (Å²) in [5.74, 6) is 0.